The number of H-pyrrole nitrogens is 1. The van der Waals surface area contributed by atoms with E-state index in [0.717, 1.165) is 0 Å². The lowest BCUT2D eigenvalue weighted by atomic mass is 10.0. The Kier molecular flexibility index (Phi) is 3.24. The minimum atomic E-state index is -0.787. The minimum Gasteiger partial charge on any atom is -0.369 e. The van der Waals surface area contributed by atoms with Gasteiger partial charge in [0, 0.05) is 13.2 Å². The lowest BCUT2D eigenvalue weighted by Gasteiger charge is -2.24. The van der Waals surface area contributed by atoms with Gasteiger partial charge in [-0.2, -0.15) is 5.10 Å². The molecular weight excluding hydrogens is 182 g/mol. The zero-order valence-corrected chi connectivity index (χ0v) is 8.63. The highest BCUT2D eigenvalue weighted by molar-refractivity contribution is 5.96. The van der Waals surface area contributed by atoms with Crippen molar-refractivity contribution in [2.24, 2.45) is 0 Å². The van der Waals surface area contributed by atoms with E-state index in [0.29, 0.717) is 12.2 Å². The van der Waals surface area contributed by atoms with Crippen molar-refractivity contribution in [2.45, 2.75) is 25.9 Å². The first-order chi connectivity index (χ1) is 6.62. The summed E-state index contributed by atoms with van der Waals surface area (Å²) in [5, 5.41) is 9.06. The van der Waals surface area contributed by atoms with Gasteiger partial charge in [-0.05, 0) is 13.3 Å². The standard InChI is InChI=1S/C9H15N3O2/c1-4-9(2,14-3)8(13)11-7-5-6-10-12-7/h5-6H,4H2,1-3H3,(H2,10,11,12,13). The van der Waals surface area contributed by atoms with Gasteiger partial charge in [0.25, 0.3) is 5.91 Å². The molecular formula is C9H15N3O2. The number of amides is 1. The third-order valence-electron chi connectivity index (χ3n) is 2.35. The predicted molar refractivity (Wildman–Crippen MR) is 52.9 cm³/mol. The smallest absolute Gasteiger partial charge is 0.257 e. The SMILES string of the molecule is CCC(C)(OC)C(=O)Nc1ccn[nH]1. The molecule has 0 fully saturated rings. The Balaban J connectivity index is 2.66. The molecule has 14 heavy (non-hydrogen) atoms. The number of aromatic amines is 1. The van der Waals surface area contributed by atoms with Crippen molar-refractivity contribution >= 4 is 11.7 Å². The van der Waals surface area contributed by atoms with Gasteiger partial charge in [-0.3, -0.25) is 9.89 Å². The topological polar surface area (TPSA) is 67.0 Å². The predicted octanol–water partition coefficient (Wildman–Crippen LogP) is 1.16. The second kappa shape index (κ2) is 4.23. The molecule has 0 saturated heterocycles. The van der Waals surface area contributed by atoms with Crippen LogP contribution in [0.2, 0.25) is 0 Å². The number of rotatable bonds is 4. The van der Waals surface area contributed by atoms with Crippen LogP contribution in [-0.4, -0.2) is 28.8 Å². The second-order valence-electron chi connectivity index (χ2n) is 3.21. The van der Waals surface area contributed by atoms with Crippen molar-refractivity contribution in [3.63, 3.8) is 0 Å². The average molecular weight is 197 g/mol. The van der Waals surface area contributed by atoms with E-state index >= 15 is 0 Å². The van der Waals surface area contributed by atoms with E-state index in [-0.39, 0.29) is 5.91 Å². The molecule has 0 spiro atoms. The maximum atomic E-state index is 11.7. The van der Waals surface area contributed by atoms with Crippen LogP contribution in [-0.2, 0) is 9.53 Å². The lowest BCUT2D eigenvalue weighted by molar-refractivity contribution is -0.136. The van der Waals surface area contributed by atoms with Gasteiger partial charge in [0.1, 0.15) is 11.4 Å². The number of ether oxygens (including phenoxy) is 1. The number of hydrogen-bond donors (Lipinski definition) is 2. The van der Waals surface area contributed by atoms with Gasteiger partial charge >= 0.3 is 0 Å². The van der Waals surface area contributed by atoms with Crippen LogP contribution >= 0.6 is 0 Å². The molecule has 0 radical (unpaired) electrons. The minimum absolute atomic E-state index is 0.174. The maximum Gasteiger partial charge on any atom is 0.257 e. The van der Waals surface area contributed by atoms with Gasteiger partial charge < -0.3 is 10.1 Å². The van der Waals surface area contributed by atoms with Gasteiger partial charge in [-0.25, -0.2) is 0 Å². The molecule has 1 atom stereocenters. The van der Waals surface area contributed by atoms with Gasteiger partial charge in [0.05, 0.1) is 6.20 Å². The summed E-state index contributed by atoms with van der Waals surface area (Å²) in [5.74, 6) is 0.401. The van der Waals surface area contributed by atoms with Gasteiger partial charge in [0.2, 0.25) is 0 Å². The van der Waals surface area contributed by atoms with Crippen molar-refractivity contribution < 1.29 is 9.53 Å². The zero-order chi connectivity index (χ0) is 10.6. The fraction of sp³-hybridized carbons (Fsp3) is 0.556. The van der Waals surface area contributed by atoms with E-state index in [1.165, 1.54) is 7.11 Å². The molecule has 5 heteroatoms. The number of anilines is 1. The Morgan fingerprint density at radius 1 is 1.79 bits per heavy atom. The van der Waals surface area contributed by atoms with Crippen LogP contribution in [0.5, 0.6) is 0 Å². The molecule has 2 N–H and O–H groups in total. The van der Waals surface area contributed by atoms with Crippen molar-refractivity contribution in [2.75, 3.05) is 12.4 Å². The van der Waals surface area contributed by atoms with Crippen LogP contribution in [0.4, 0.5) is 5.82 Å². The lowest BCUT2D eigenvalue weighted by Crippen LogP contribution is -2.41. The summed E-state index contributed by atoms with van der Waals surface area (Å²) in [6.45, 7) is 3.65. The highest BCUT2D eigenvalue weighted by Gasteiger charge is 2.31. The van der Waals surface area contributed by atoms with Crippen molar-refractivity contribution in [1.82, 2.24) is 10.2 Å². The summed E-state index contributed by atoms with van der Waals surface area (Å²) in [6, 6.07) is 1.68. The normalized spacial score (nSPS) is 14.8. The molecule has 1 rings (SSSR count). The number of methoxy groups -OCH3 is 1. The molecule has 1 amide bonds. The van der Waals surface area contributed by atoms with Crippen molar-refractivity contribution in [3.8, 4) is 0 Å². The van der Waals surface area contributed by atoms with E-state index in [4.69, 9.17) is 4.74 Å². The fourth-order valence-electron chi connectivity index (χ4n) is 0.978. The first-order valence-electron chi connectivity index (χ1n) is 4.48. The van der Waals surface area contributed by atoms with E-state index < -0.39 is 5.60 Å². The molecule has 1 aromatic heterocycles. The molecule has 1 unspecified atom stereocenters. The Morgan fingerprint density at radius 3 is 2.93 bits per heavy atom. The van der Waals surface area contributed by atoms with E-state index in [1.54, 1.807) is 19.2 Å². The monoisotopic (exact) mass is 197 g/mol. The Labute approximate surface area is 82.8 Å². The highest BCUT2D eigenvalue weighted by Crippen LogP contribution is 2.16. The summed E-state index contributed by atoms with van der Waals surface area (Å²) < 4.78 is 5.15. The van der Waals surface area contributed by atoms with Crippen LogP contribution < -0.4 is 5.32 Å². The Bertz CT molecular complexity index is 291. The van der Waals surface area contributed by atoms with E-state index in [2.05, 4.69) is 15.5 Å². The quantitative estimate of drug-likeness (QED) is 0.761. The van der Waals surface area contributed by atoms with Crippen LogP contribution in [0.3, 0.4) is 0 Å². The molecule has 0 saturated carbocycles. The van der Waals surface area contributed by atoms with Crippen molar-refractivity contribution in [1.29, 1.82) is 0 Å². The molecule has 1 aromatic rings. The van der Waals surface area contributed by atoms with E-state index in [9.17, 15) is 4.79 Å². The molecule has 0 aromatic carbocycles. The van der Waals surface area contributed by atoms with Gasteiger partial charge in [-0.1, -0.05) is 6.92 Å². The summed E-state index contributed by atoms with van der Waals surface area (Å²) in [5.41, 5.74) is -0.787. The molecule has 78 valence electrons. The fourth-order valence-corrected chi connectivity index (χ4v) is 0.978. The highest BCUT2D eigenvalue weighted by atomic mass is 16.5. The molecule has 0 aliphatic carbocycles. The summed E-state index contributed by atoms with van der Waals surface area (Å²) in [4.78, 5) is 11.7. The van der Waals surface area contributed by atoms with E-state index in [1.807, 2.05) is 6.92 Å². The van der Waals surface area contributed by atoms with Crippen LogP contribution in [0.25, 0.3) is 0 Å². The largest absolute Gasteiger partial charge is 0.369 e. The average Bonchev–Trinajstić information content (AvgIpc) is 2.69. The third-order valence-corrected chi connectivity index (χ3v) is 2.35. The Morgan fingerprint density at radius 2 is 2.50 bits per heavy atom. The number of nitrogens with zero attached hydrogens (tertiary/aromatic N) is 1. The first-order valence-corrected chi connectivity index (χ1v) is 4.48. The molecule has 0 bridgehead atoms. The number of carbonyl (C=O) groups excluding carboxylic acids is 1. The number of carbonyl (C=O) groups is 1. The number of aromatic nitrogens is 2. The molecule has 0 aliphatic rings. The second-order valence-corrected chi connectivity index (χ2v) is 3.21. The summed E-state index contributed by atoms with van der Waals surface area (Å²) in [7, 11) is 1.52. The maximum absolute atomic E-state index is 11.7. The third kappa shape index (κ3) is 2.11. The zero-order valence-electron chi connectivity index (χ0n) is 8.63. The first kappa shape index (κ1) is 10.7. The number of hydrogen-bond acceptors (Lipinski definition) is 3. The molecule has 5 nitrogen and oxygen atoms in total. The summed E-state index contributed by atoms with van der Waals surface area (Å²) in [6.07, 6.45) is 2.19. The van der Waals surface area contributed by atoms with Crippen molar-refractivity contribution in [3.05, 3.63) is 12.3 Å². The summed E-state index contributed by atoms with van der Waals surface area (Å²) >= 11 is 0. The molecule has 1 heterocycles. The van der Waals surface area contributed by atoms with Crippen LogP contribution in [0.15, 0.2) is 12.3 Å². The van der Waals surface area contributed by atoms with Gasteiger partial charge in [0.15, 0.2) is 0 Å². The number of nitrogens with one attached hydrogen (secondary N) is 2. The van der Waals surface area contributed by atoms with Crippen LogP contribution in [0, 0.1) is 0 Å². The molecule has 0 aliphatic heterocycles. The van der Waals surface area contributed by atoms with Gasteiger partial charge in [-0.15, -0.1) is 0 Å². The Hall–Kier alpha value is -1.36. The van der Waals surface area contributed by atoms with Crippen LogP contribution in [0.1, 0.15) is 20.3 Å².